The summed E-state index contributed by atoms with van der Waals surface area (Å²) in [6, 6.07) is 5.42. The van der Waals surface area contributed by atoms with Crippen LogP contribution < -0.4 is 5.32 Å². The normalized spacial score (nSPS) is 19.9. The van der Waals surface area contributed by atoms with Gasteiger partial charge in [0.2, 0.25) is 0 Å². The van der Waals surface area contributed by atoms with Gasteiger partial charge in [-0.1, -0.05) is 6.07 Å². The number of hydrogen-bond donors (Lipinski definition) is 1. The van der Waals surface area contributed by atoms with Gasteiger partial charge in [0.05, 0.1) is 23.1 Å². The van der Waals surface area contributed by atoms with Gasteiger partial charge in [-0.3, -0.25) is 0 Å². The van der Waals surface area contributed by atoms with Crippen LogP contribution in [0.5, 0.6) is 0 Å². The SMILES string of the molecule is O=S1(=O)CC[C@H](Nc2ncnc3c2cnn3-c2ccccn2)C1. The maximum Gasteiger partial charge on any atom is 0.170 e. The monoisotopic (exact) mass is 330 g/mol. The molecule has 1 aliphatic heterocycles. The average molecular weight is 330 g/mol. The maximum absolute atomic E-state index is 11.6. The first-order chi connectivity index (χ1) is 11.1. The summed E-state index contributed by atoms with van der Waals surface area (Å²) in [7, 11) is -2.94. The molecule has 9 heteroatoms. The molecule has 0 radical (unpaired) electrons. The van der Waals surface area contributed by atoms with Gasteiger partial charge in [0, 0.05) is 12.2 Å². The van der Waals surface area contributed by atoms with Crippen LogP contribution >= 0.6 is 0 Å². The lowest BCUT2D eigenvalue weighted by atomic mass is 10.2. The number of anilines is 1. The molecule has 1 N–H and O–H groups in total. The summed E-state index contributed by atoms with van der Waals surface area (Å²) in [5, 5.41) is 8.26. The number of hydrogen-bond acceptors (Lipinski definition) is 7. The Bertz CT molecular complexity index is 954. The predicted molar refractivity (Wildman–Crippen MR) is 85.1 cm³/mol. The zero-order valence-corrected chi connectivity index (χ0v) is 12.9. The maximum atomic E-state index is 11.6. The van der Waals surface area contributed by atoms with Crippen LogP contribution in [0.25, 0.3) is 16.9 Å². The highest BCUT2D eigenvalue weighted by Gasteiger charge is 2.28. The molecule has 1 atom stereocenters. The first-order valence-corrected chi connectivity index (χ1v) is 9.02. The van der Waals surface area contributed by atoms with E-state index < -0.39 is 9.84 Å². The van der Waals surface area contributed by atoms with Gasteiger partial charge < -0.3 is 5.32 Å². The molecule has 118 valence electrons. The van der Waals surface area contributed by atoms with E-state index in [0.717, 1.165) is 5.39 Å². The third kappa shape index (κ3) is 2.63. The summed E-state index contributed by atoms with van der Waals surface area (Å²) in [5.74, 6) is 1.61. The first kappa shape index (κ1) is 14.1. The fourth-order valence-corrected chi connectivity index (χ4v) is 4.38. The van der Waals surface area contributed by atoms with Crippen LogP contribution in [0.15, 0.2) is 36.9 Å². The van der Waals surface area contributed by atoms with E-state index in [9.17, 15) is 8.42 Å². The molecular weight excluding hydrogens is 316 g/mol. The van der Waals surface area contributed by atoms with Crippen molar-refractivity contribution in [2.75, 3.05) is 16.8 Å². The molecule has 0 spiro atoms. The van der Waals surface area contributed by atoms with E-state index in [1.807, 2.05) is 18.2 Å². The van der Waals surface area contributed by atoms with Crippen molar-refractivity contribution in [3.63, 3.8) is 0 Å². The molecule has 1 fully saturated rings. The Morgan fingerprint density at radius 1 is 1.22 bits per heavy atom. The Labute approximate surface area is 132 Å². The summed E-state index contributed by atoms with van der Waals surface area (Å²) < 4.78 is 24.8. The van der Waals surface area contributed by atoms with E-state index >= 15 is 0 Å². The van der Waals surface area contributed by atoms with E-state index in [1.165, 1.54) is 6.33 Å². The Morgan fingerprint density at radius 3 is 2.87 bits per heavy atom. The number of sulfone groups is 1. The van der Waals surface area contributed by atoms with E-state index in [0.29, 0.717) is 23.7 Å². The number of nitrogens with zero attached hydrogens (tertiary/aromatic N) is 5. The van der Waals surface area contributed by atoms with Crippen LogP contribution in [-0.4, -0.2) is 50.7 Å². The molecule has 3 aromatic heterocycles. The summed E-state index contributed by atoms with van der Waals surface area (Å²) >= 11 is 0. The fraction of sp³-hybridized carbons (Fsp3) is 0.286. The Hall–Kier alpha value is -2.55. The van der Waals surface area contributed by atoms with E-state index in [-0.39, 0.29) is 17.5 Å². The van der Waals surface area contributed by atoms with Gasteiger partial charge >= 0.3 is 0 Å². The topological polar surface area (TPSA) is 103 Å². The Balaban J connectivity index is 1.71. The Kier molecular flexibility index (Phi) is 3.22. The van der Waals surface area contributed by atoms with Gasteiger partial charge in [-0.15, -0.1) is 0 Å². The standard InChI is InChI=1S/C14H14N6O2S/c21-23(22)6-4-10(8-23)19-13-11-7-18-20(14(11)17-9-16-13)12-3-1-2-5-15-12/h1-3,5,7,9-10H,4,6,8H2,(H,16,17,19)/t10-/m0/s1. The second-order valence-electron chi connectivity index (χ2n) is 5.45. The van der Waals surface area contributed by atoms with Crippen molar-refractivity contribution in [1.82, 2.24) is 24.7 Å². The summed E-state index contributed by atoms with van der Waals surface area (Å²) in [6.07, 6.45) is 5.37. The lowest BCUT2D eigenvalue weighted by Crippen LogP contribution is -2.21. The smallest absolute Gasteiger partial charge is 0.170 e. The number of pyridine rings is 1. The van der Waals surface area contributed by atoms with Crippen molar-refractivity contribution in [1.29, 1.82) is 0 Å². The predicted octanol–water partition coefficient (Wildman–Crippen LogP) is 0.809. The summed E-state index contributed by atoms with van der Waals surface area (Å²) in [5.41, 5.74) is 0.627. The van der Waals surface area contributed by atoms with Crippen LogP contribution in [0.1, 0.15) is 6.42 Å². The first-order valence-electron chi connectivity index (χ1n) is 7.19. The zero-order valence-electron chi connectivity index (χ0n) is 12.1. The molecule has 23 heavy (non-hydrogen) atoms. The molecule has 3 aromatic rings. The molecule has 1 aliphatic rings. The number of rotatable bonds is 3. The van der Waals surface area contributed by atoms with Crippen molar-refractivity contribution in [3.05, 3.63) is 36.9 Å². The average Bonchev–Trinajstić information content (AvgIpc) is 3.12. The second kappa shape index (κ2) is 5.27. The van der Waals surface area contributed by atoms with Gasteiger partial charge in [-0.2, -0.15) is 9.78 Å². The van der Waals surface area contributed by atoms with Crippen molar-refractivity contribution < 1.29 is 8.42 Å². The second-order valence-corrected chi connectivity index (χ2v) is 7.68. The minimum Gasteiger partial charge on any atom is -0.366 e. The molecule has 0 unspecified atom stereocenters. The van der Waals surface area contributed by atoms with Crippen molar-refractivity contribution >= 4 is 26.7 Å². The van der Waals surface area contributed by atoms with Gasteiger partial charge in [0.1, 0.15) is 12.1 Å². The van der Waals surface area contributed by atoms with Crippen molar-refractivity contribution in [3.8, 4) is 5.82 Å². The number of aromatic nitrogens is 5. The van der Waals surface area contributed by atoms with Crippen LogP contribution in [0.2, 0.25) is 0 Å². The quantitative estimate of drug-likeness (QED) is 0.758. The van der Waals surface area contributed by atoms with Gasteiger partial charge in [0.15, 0.2) is 21.3 Å². The van der Waals surface area contributed by atoms with Crippen LogP contribution in [-0.2, 0) is 9.84 Å². The lowest BCUT2D eigenvalue weighted by molar-refractivity contribution is 0.602. The van der Waals surface area contributed by atoms with E-state index in [1.54, 1.807) is 17.1 Å². The molecule has 0 aliphatic carbocycles. The lowest BCUT2D eigenvalue weighted by Gasteiger charge is -2.11. The zero-order chi connectivity index (χ0) is 15.9. The largest absolute Gasteiger partial charge is 0.366 e. The number of fused-ring (bicyclic) bond motifs is 1. The third-order valence-corrected chi connectivity index (χ3v) is 5.57. The van der Waals surface area contributed by atoms with Gasteiger partial charge in [-0.05, 0) is 18.6 Å². The number of nitrogens with one attached hydrogen (secondary N) is 1. The van der Waals surface area contributed by atoms with Crippen LogP contribution in [0, 0.1) is 0 Å². The minimum absolute atomic E-state index is 0.128. The van der Waals surface area contributed by atoms with E-state index in [2.05, 4.69) is 25.4 Å². The van der Waals surface area contributed by atoms with E-state index in [4.69, 9.17) is 0 Å². The van der Waals surface area contributed by atoms with Gasteiger partial charge in [0.25, 0.3) is 0 Å². The minimum atomic E-state index is -2.94. The molecule has 0 bridgehead atoms. The fourth-order valence-electron chi connectivity index (χ4n) is 2.71. The molecular formula is C14H14N6O2S. The molecule has 1 saturated heterocycles. The van der Waals surface area contributed by atoms with Crippen LogP contribution in [0.4, 0.5) is 5.82 Å². The summed E-state index contributed by atoms with van der Waals surface area (Å²) in [6.45, 7) is 0. The molecule has 0 aromatic carbocycles. The molecule has 4 rings (SSSR count). The van der Waals surface area contributed by atoms with Crippen molar-refractivity contribution in [2.45, 2.75) is 12.5 Å². The van der Waals surface area contributed by atoms with Gasteiger partial charge in [-0.25, -0.2) is 23.4 Å². The highest BCUT2D eigenvalue weighted by molar-refractivity contribution is 7.91. The third-order valence-electron chi connectivity index (χ3n) is 3.81. The molecule has 8 nitrogen and oxygen atoms in total. The molecule has 4 heterocycles. The van der Waals surface area contributed by atoms with Crippen LogP contribution in [0.3, 0.4) is 0 Å². The Morgan fingerprint density at radius 2 is 2.13 bits per heavy atom. The van der Waals surface area contributed by atoms with Crippen molar-refractivity contribution in [2.24, 2.45) is 0 Å². The highest BCUT2D eigenvalue weighted by Crippen LogP contribution is 2.23. The molecule has 0 amide bonds. The summed E-state index contributed by atoms with van der Waals surface area (Å²) in [4.78, 5) is 12.8. The molecule has 0 saturated carbocycles. The highest BCUT2D eigenvalue weighted by atomic mass is 32.2.